The quantitative estimate of drug-likeness (QED) is 0.367. The van der Waals surface area contributed by atoms with E-state index in [1.807, 2.05) is 99.6 Å². The van der Waals surface area contributed by atoms with Gasteiger partial charge in [0.2, 0.25) is 0 Å². The van der Waals surface area contributed by atoms with Gasteiger partial charge in [0.05, 0.1) is 17.0 Å². The number of hydrazone groups is 1. The van der Waals surface area contributed by atoms with E-state index in [9.17, 15) is 4.79 Å². The van der Waals surface area contributed by atoms with E-state index in [4.69, 9.17) is 9.47 Å². The molecular weight excluding hydrogens is 400 g/mol. The number of carbonyl (C=O) groups excluding carboxylic acids is 1. The molecule has 0 unspecified atom stereocenters. The van der Waals surface area contributed by atoms with Crippen LogP contribution in [0, 0.1) is 13.8 Å². The van der Waals surface area contributed by atoms with Crippen LogP contribution in [0.2, 0.25) is 0 Å². The van der Waals surface area contributed by atoms with Crippen molar-refractivity contribution in [3.63, 3.8) is 0 Å². The first-order chi connectivity index (χ1) is 15.5. The van der Waals surface area contributed by atoms with E-state index in [1.165, 1.54) is 5.01 Å². The van der Waals surface area contributed by atoms with Gasteiger partial charge in [0.15, 0.2) is 0 Å². The summed E-state index contributed by atoms with van der Waals surface area (Å²) in [5.41, 5.74) is 5.19. The summed E-state index contributed by atoms with van der Waals surface area (Å²) in [6.45, 7) is 6.84. The summed E-state index contributed by atoms with van der Waals surface area (Å²) in [6, 6.07) is 23.2. The van der Waals surface area contributed by atoms with Gasteiger partial charge in [-0.2, -0.15) is 10.1 Å². The van der Waals surface area contributed by atoms with Crippen LogP contribution >= 0.6 is 0 Å². The highest BCUT2D eigenvalue weighted by Gasteiger charge is 2.28. The fourth-order valence-corrected chi connectivity index (χ4v) is 3.59. The number of hydrogen-bond acceptors (Lipinski definition) is 4. The Morgan fingerprint density at radius 3 is 2.16 bits per heavy atom. The Balaban J connectivity index is 1.35. The van der Waals surface area contributed by atoms with Crippen molar-refractivity contribution in [1.29, 1.82) is 0 Å². The topological polar surface area (TPSA) is 51.1 Å². The number of aryl methyl sites for hydroxylation is 2. The summed E-state index contributed by atoms with van der Waals surface area (Å²) in [7, 11) is 0. The van der Waals surface area contributed by atoms with E-state index in [0.717, 1.165) is 33.9 Å². The fourth-order valence-electron chi connectivity index (χ4n) is 3.59. The zero-order chi connectivity index (χ0) is 22.5. The number of ether oxygens (including phenoxy) is 2. The largest absolute Gasteiger partial charge is 0.490 e. The van der Waals surface area contributed by atoms with Crippen molar-refractivity contribution in [3.8, 4) is 11.5 Å². The van der Waals surface area contributed by atoms with Crippen LogP contribution in [0.4, 0.5) is 5.69 Å². The second-order valence-electron chi connectivity index (χ2n) is 7.68. The average molecular weight is 427 g/mol. The van der Waals surface area contributed by atoms with Crippen molar-refractivity contribution in [3.05, 3.63) is 95.1 Å². The minimum atomic E-state index is -0.127. The van der Waals surface area contributed by atoms with E-state index in [-0.39, 0.29) is 5.91 Å². The number of amides is 1. The van der Waals surface area contributed by atoms with Crippen molar-refractivity contribution in [2.75, 3.05) is 18.2 Å². The highest BCUT2D eigenvalue weighted by Crippen LogP contribution is 2.25. The number of hydrogen-bond donors (Lipinski definition) is 0. The van der Waals surface area contributed by atoms with Crippen LogP contribution in [-0.4, -0.2) is 24.8 Å². The molecule has 32 heavy (non-hydrogen) atoms. The first kappa shape index (κ1) is 21.4. The summed E-state index contributed by atoms with van der Waals surface area (Å²) in [4.78, 5) is 12.8. The molecule has 5 nitrogen and oxygen atoms in total. The molecule has 162 valence electrons. The van der Waals surface area contributed by atoms with Gasteiger partial charge in [0, 0.05) is 0 Å². The Morgan fingerprint density at radius 1 is 0.812 bits per heavy atom. The highest BCUT2D eigenvalue weighted by molar-refractivity contribution is 6.32. The van der Waals surface area contributed by atoms with Crippen LogP contribution in [0.25, 0.3) is 6.08 Å². The molecule has 0 atom stereocenters. The Morgan fingerprint density at radius 2 is 1.47 bits per heavy atom. The number of para-hydroxylation sites is 2. The van der Waals surface area contributed by atoms with Gasteiger partial charge in [-0.25, -0.2) is 0 Å². The normalized spacial score (nSPS) is 14.6. The van der Waals surface area contributed by atoms with E-state index < -0.39 is 0 Å². The molecule has 1 aliphatic heterocycles. The number of benzene rings is 3. The third-order valence-electron chi connectivity index (χ3n) is 5.26. The maximum absolute atomic E-state index is 12.8. The van der Waals surface area contributed by atoms with Crippen molar-refractivity contribution >= 4 is 23.4 Å². The van der Waals surface area contributed by atoms with E-state index >= 15 is 0 Å². The van der Waals surface area contributed by atoms with Crippen LogP contribution in [0.15, 0.2) is 83.5 Å². The number of rotatable bonds is 7. The Labute approximate surface area is 188 Å². The SMILES string of the molecule is CC1=NN(c2ccccc2)C(=O)C1=Cc1ccc(OCCOc2c(C)cccc2C)cc1. The monoisotopic (exact) mass is 426 g/mol. The van der Waals surface area contributed by atoms with E-state index in [1.54, 1.807) is 0 Å². The molecule has 5 heteroatoms. The van der Waals surface area contributed by atoms with Gasteiger partial charge in [-0.1, -0.05) is 48.5 Å². The molecule has 1 heterocycles. The van der Waals surface area contributed by atoms with Crippen LogP contribution in [0.1, 0.15) is 23.6 Å². The van der Waals surface area contributed by atoms with Gasteiger partial charge in [-0.05, 0) is 67.8 Å². The second kappa shape index (κ2) is 9.52. The molecule has 0 aliphatic carbocycles. The third-order valence-corrected chi connectivity index (χ3v) is 5.26. The lowest BCUT2D eigenvalue weighted by Gasteiger charge is -2.12. The summed E-state index contributed by atoms with van der Waals surface area (Å²) in [6.07, 6.45) is 1.86. The minimum Gasteiger partial charge on any atom is -0.490 e. The van der Waals surface area contributed by atoms with Crippen molar-refractivity contribution < 1.29 is 14.3 Å². The lowest BCUT2D eigenvalue weighted by Crippen LogP contribution is -2.21. The molecule has 0 spiro atoms. The molecule has 4 rings (SSSR count). The fraction of sp³-hybridized carbons (Fsp3) is 0.185. The molecule has 0 radical (unpaired) electrons. The smallest absolute Gasteiger partial charge is 0.280 e. The summed E-state index contributed by atoms with van der Waals surface area (Å²) >= 11 is 0. The maximum atomic E-state index is 12.8. The molecule has 0 bridgehead atoms. The van der Waals surface area contributed by atoms with Gasteiger partial charge in [-0.3, -0.25) is 4.79 Å². The number of nitrogens with zero attached hydrogens (tertiary/aromatic N) is 2. The van der Waals surface area contributed by atoms with Crippen LogP contribution in [0.5, 0.6) is 11.5 Å². The second-order valence-corrected chi connectivity index (χ2v) is 7.68. The molecular formula is C27H26N2O3. The van der Waals surface area contributed by atoms with Crippen LogP contribution in [-0.2, 0) is 4.79 Å². The Bertz CT molecular complexity index is 1150. The Kier molecular flexibility index (Phi) is 6.36. The molecule has 3 aromatic carbocycles. The first-order valence-corrected chi connectivity index (χ1v) is 10.6. The maximum Gasteiger partial charge on any atom is 0.280 e. The van der Waals surface area contributed by atoms with Crippen LogP contribution in [0.3, 0.4) is 0 Å². The highest BCUT2D eigenvalue weighted by atomic mass is 16.5. The van der Waals surface area contributed by atoms with Crippen molar-refractivity contribution in [2.24, 2.45) is 5.10 Å². The standard InChI is InChI=1S/C27H26N2O3/c1-19-8-7-9-20(2)26(19)32-17-16-31-24-14-12-22(13-15-24)18-25-21(3)28-29(27(25)30)23-10-5-4-6-11-23/h4-15,18H,16-17H2,1-3H3. The zero-order valence-electron chi connectivity index (χ0n) is 18.5. The van der Waals surface area contributed by atoms with Crippen molar-refractivity contribution in [1.82, 2.24) is 0 Å². The van der Waals surface area contributed by atoms with Crippen LogP contribution < -0.4 is 14.5 Å². The summed E-state index contributed by atoms with van der Waals surface area (Å²) < 4.78 is 11.7. The molecule has 0 aromatic heterocycles. The molecule has 0 saturated heterocycles. The molecule has 1 amide bonds. The molecule has 3 aromatic rings. The summed E-state index contributed by atoms with van der Waals surface area (Å²) in [5, 5.41) is 5.85. The number of anilines is 1. The lowest BCUT2D eigenvalue weighted by atomic mass is 10.1. The average Bonchev–Trinajstić information content (AvgIpc) is 3.08. The van der Waals surface area contributed by atoms with E-state index in [0.29, 0.717) is 24.5 Å². The molecule has 1 aliphatic rings. The number of carbonyl (C=O) groups is 1. The minimum absolute atomic E-state index is 0.127. The van der Waals surface area contributed by atoms with E-state index in [2.05, 4.69) is 5.10 Å². The molecule has 0 saturated carbocycles. The molecule has 0 N–H and O–H groups in total. The predicted octanol–water partition coefficient (Wildman–Crippen LogP) is 5.57. The van der Waals surface area contributed by atoms with Gasteiger partial charge in [0.1, 0.15) is 24.7 Å². The predicted molar refractivity (Wildman–Crippen MR) is 128 cm³/mol. The van der Waals surface area contributed by atoms with Gasteiger partial charge < -0.3 is 9.47 Å². The first-order valence-electron chi connectivity index (χ1n) is 10.6. The van der Waals surface area contributed by atoms with Gasteiger partial charge >= 0.3 is 0 Å². The van der Waals surface area contributed by atoms with Crippen molar-refractivity contribution in [2.45, 2.75) is 20.8 Å². The summed E-state index contributed by atoms with van der Waals surface area (Å²) in [5.74, 6) is 1.55. The molecule has 0 fully saturated rings. The zero-order valence-corrected chi connectivity index (χ0v) is 18.5. The van der Waals surface area contributed by atoms with Gasteiger partial charge in [0.25, 0.3) is 5.91 Å². The third kappa shape index (κ3) is 4.72. The van der Waals surface area contributed by atoms with Gasteiger partial charge in [-0.15, -0.1) is 0 Å². The lowest BCUT2D eigenvalue weighted by molar-refractivity contribution is -0.114. The Hall–Kier alpha value is -3.86.